The van der Waals surface area contributed by atoms with Crippen LogP contribution in [0.5, 0.6) is 11.6 Å². The van der Waals surface area contributed by atoms with E-state index in [1.54, 1.807) is 17.2 Å². The van der Waals surface area contributed by atoms with Crippen molar-refractivity contribution in [2.75, 3.05) is 36.4 Å². The van der Waals surface area contributed by atoms with Gasteiger partial charge in [-0.25, -0.2) is 19.9 Å². The van der Waals surface area contributed by atoms with Crippen LogP contribution in [0.4, 0.5) is 17.3 Å². The first-order valence-electron chi connectivity index (χ1n) is 10.9. The van der Waals surface area contributed by atoms with Crippen molar-refractivity contribution in [2.24, 2.45) is 0 Å². The number of carbonyl (C=O) groups is 1. The summed E-state index contributed by atoms with van der Waals surface area (Å²) in [6, 6.07) is 17.1. The molecule has 0 bridgehead atoms. The number of amides is 1. The number of para-hydroxylation sites is 1. The van der Waals surface area contributed by atoms with E-state index in [1.165, 1.54) is 12.4 Å². The lowest BCUT2D eigenvalue weighted by Crippen LogP contribution is -2.48. The molecule has 170 valence electrons. The van der Waals surface area contributed by atoms with Crippen LogP contribution in [-0.4, -0.2) is 56.9 Å². The molecule has 1 saturated heterocycles. The van der Waals surface area contributed by atoms with Gasteiger partial charge in [-0.15, -0.1) is 0 Å². The summed E-state index contributed by atoms with van der Waals surface area (Å²) in [7, 11) is 0. The monoisotopic (exact) mass is 453 g/mol. The Morgan fingerprint density at radius 3 is 2.53 bits per heavy atom. The number of rotatable bonds is 6. The van der Waals surface area contributed by atoms with Gasteiger partial charge in [-0.05, 0) is 36.4 Å². The van der Waals surface area contributed by atoms with Crippen molar-refractivity contribution < 1.29 is 9.53 Å². The Morgan fingerprint density at radius 1 is 0.971 bits per heavy atom. The lowest BCUT2D eigenvalue weighted by Gasteiger charge is -2.35. The van der Waals surface area contributed by atoms with Crippen molar-refractivity contribution in [3.8, 4) is 11.6 Å². The predicted molar refractivity (Wildman–Crippen MR) is 130 cm³/mol. The van der Waals surface area contributed by atoms with Crippen molar-refractivity contribution >= 4 is 34.3 Å². The Labute approximate surface area is 196 Å². The fourth-order valence-corrected chi connectivity index (χ4v) is 3.74. The van der Waals surface area contributed by atoms with Crippen molar-refractivity contribution in [1.29, 1.82) is 0 Å². The van der Waals surface area contributed by atoms with E-state index in [4.69, 9.17) is 9.72 Å². The number of benzene rings is 1. The molecule has 0 atom stereocenters. The maximum absolute atomic E-state index is 11.9. The molecule has 9 heteroatoms. The molecule has 0 spiro atoms. The van der Waals surface area contributed by atoms with Crippen molar-refractivity contribution in [3.05, 3.63) is 79.8 Å². The molecule has 3 aromatic heterocycles. The molecule has 0 aliphatic carbocycles. The SMILES string of the molecule is C=CC(=O)N1CCN(c2ccc3ncnc(Nc4ccc(Oc5ccccc5)nc4)c3n2)CC1. The molecule has 1 N–H and O–H groups in total. The van der Waals surface area contributed by atoms with Gasteiger partial charge in [0.2, 0.25) is 11.8 Å². The van der Waals surface area contributed by atoms with Crippen LogP contribution in [-0.2, 0) is 4.79 Å². The molecule has 4 heterocycles. The second-order valence-electron chi connectivity index (χ2n) is 7.70. The van der Waals surface area contributed by atoms with Crippen molar-refractivity contribution in [1.82, 2.24) is 24.8 Å². The zero-order chi connectivity index (χ0) is 23.3. The minimum absolute atomic E-state index is 0.0418. The van der Waals surface area contributed by atoms with Crippen LogP contribution >= 0.6 is 0 Å². The zero-order valence-corrected chi connectivity index (χ0v) is 18.5. The van der Waals surface area contributed by atoms with E-state index in [2.05, 4.69) is 31.7 Å². The van der Waals surface area contributed by atoms with E-state index in [0.717, 1.165) is 22.8 Å². The highest BCUT2D eigenvalue weighted by molar-refractivity contribution is 5.88. The van der Waals surface area contributed by atoms with Crippen LogP contribution in [0.1, 0.15) is 0 Å². The van der Waals surface area contributed by atoms with E-state index in [1.807, 2.05) is 48.5 Å². The van der Waals surface area contributed by atoms with Gasteiger partial charge in [0.25, 0.3) is 0 Å². The third-order valence-electron chi connectivity index (χ3n) is 5.52. The van der Waals surface area contributed by atoms with Gasteiger partial charge in [-0.2, -0.15) is 0 Å². The smallest absolute Gasteiger partial charge is 0.246 e. The first-order chi connectivity index (χ1) is 16.7. The summed E-state index contributed by atoms with van der Waals surface area (Å²) in [5, 5.41) is 3.28. The lowest BCUT2D eigenvalue weighted by molar-refractivity contribution is -0.126. The summed E-state index contributed by atoms with van der Waals surface area (Å²) in [4.78, 5) is 33.7. The van der Waals surface area contributed by atoms with E-state index in [0.29, 0.717) is 43.4 Å². The maximum Gasteiger partial charge on any atom is 0.246 e. The van der Waals surface area contributed by atoms with Crippen molar-refractivity contribution in [2.45, 2.75) is 0 Å². The third kappa shape index (κ3) is 4.63. The average molecular weight is 454 g/mol. The summed E-state index contributed by atoms with van der Waals surface area (Å²) in [6.07, 6.45) is 4.55. The van der Waals surface area contributed by atoms with E-state index in [9.17, 15) is 4.79 Å². The Hall–Kier alpha value is -4.53. The number of nitrogens with one attached hydrogen (secondary N) is 1. The molecule has 5 rings (SSSR count). The number of aromatic nitrogens is 4. The van der Waals surface area contributed by atoms with Crippen LogP contribution in [0, 0.1) is 0 Å². The number of ether oxygens (including phenoxy) is 1. The lowest BCUT2D eigenvalue weighted by atomic mass is 10.2. The molecule has 0 radical (unpaired) electrons. The number of pyridine rings is 2. The Bertz CT molecular complexity index is 1300. The van der Waals surface area contributed by atoms with Crippen LogP contribution in [0.3, 0.4) is 0 Å². The molecule has 1 aliphatic rings. The van der Waals surface area contributed by atoms with E-state index < -0.39 is 0 Å². The summed E-state index contributed by atoms with van der Waals surface area (Å²) in [5.74, 6) is 2.59. The van der Waals surface area contributed by atoms with Crippen molar-refractivity contribution in [3.63, 3.8) is 0 Å². The quantitative estimate of drug-likeness (QED) is 0.441. The summed E-state index contributed by atoms with van der Waals surface area (Å²) in [6.45, 7) is 6.21. The van der Waals surface area contributed by atoms with Gasteiger partial charge in [0.1, 0.15) is 23.4 Å². The number of fused-ring (bicyclic) bond motifs is 1. The number of anilines is 3. The molecule has 0 saturated carbocycles. The molecule has 34 heavy (non-hydrogen) atoms. The first-order valence-corrected chi connectivity index (χ1v) is 10.9. The van der Waals surface area contributed by atoms with Gasteiger partial charge < -0.3 is 19.9 Å². The molecule has 9 nitrogen and oxygen atoms in total. The fraction of sp³-hybridized carbons (Fsp3) is 0.160. The average Bonchev–Trinajstić information content (AvgIpc) is 2.90. The minimum Gasteiger partial charge on any atom is -0.439 e. The third-order valence-corrected chi connectivity index (χ3v) is 5.52. The zero-order valence-electron chi connectivity index (χ0n) is 18.5. The highest BCUT2D eigenvalue weighted by atomic mass is 16.5. The molecule has 0 unspecified atom stereocenters. The van der Waals surface area contributed by atoms with Crippen LogP contribution < -0.4 is 15.0 Å². The van der Waals surface area contributed by atoms with Gasteiger partial charge in [-0.3, -0.25) is 4.79 Å². The fourth-order valence-electron chi connectivity index (χ4n) is 3.74. The van der Waals surface area contributed by atoms with Gasteiger partial charge >= 0.3 is 0 Å². The largest absolute Gasteiger partial charge is 0.439 e. The highest BCUT2D eigenvalue weighted by Gasteiger charge is 2.21. The van der Waals surface area contributed by atoms with E-state index in [-0.39, 0.29) is 5.91 Å². The number of nitrogens with zero attached hydrogens (tertiary/aromatic N) is 6. The second-order valence-corrected chi connectivity index (χ2v) is 7.70. The Balaban J connectivity index is 1.33. The highest BCUT2D eigenvalue weighted by Crippen LogP contribution is 2.26. The summed E-state index contributed by atoms with van der Waals surface area (Å²) >= 11 is 0. The molecule has 4 aromatic rings. The Morgan fingerprint density at radius 2 is 1.79 bits per heavy atom. The molecule has 1 aromatic carbocycles. The number of hydrogen-bond donors (Lipinski definition) is 1. The van der Waals surface area contributed by atoms with Crippen LogP contribution in [0.15, 0.2) is 79.8 Å². The van der Waals surface area contributed by atoms with Gasteiger partial charge in [0.05, 0.1) is 17.4 Å². The van der Waals surface area contributed by atoms with Gasteiger partial charge in [0, 0.05) is 32.2 Å². The Kier molecular flexibility index (Phi) is 5.98. The maximum atomic E-state index is 11.9. The van der Waals surface area contributed by atoms with Gasteiger partial charge in [-0.1, -0.05) is 24.8 Å². The standard InChI is InChI=1S/C25H23N7O2/c1-2-23(33)32-14-12-31(13-15-32)21-10-9-20-24(30-21)25(28-17-27-20)29-18-8-11-22(26-16-18)34-19-6-4-3-5-7-19/h2-11,16-17H,1,12-15H2,(H,27,28,29). The molecule has 1 aliphatic heterocycles. The van der Waals surface area contributed by atoms with Gasteiger partial charge in [0.15, 0.2) is 5.82 Å². The van der Waals surface area contributed by atoms with E-state index >= 15 is 0 Å². The number of carbonyl (C=O) groups excluding carboxylic acids is 1. The number of piperazine rings is 1. The first kappa shape index (κ1) is 21.3. The topological polar surface area (TPSA) is 96.4 Å². The molecule has 1 amide bonds. The summed E-state index contributed by atoms with van der Waals surface area (Å²) in [5.41, 5.74) is 2.15. The normalized spacial score (nSPS) is 13.5. The molecular weight excluding hydrogens is 430 g/mol. The summed E-state index contributed by atoms with van der Waals surface area (Å²) < 4.78 is 5.75. The number of hydrogen-bond acceptors (Lipinski definition) is 8. The van der Waals surface area contributed by atoms with Crippen LogP contribution in [0.2, 0.25) is 0 Å². The molecular formula is C25H23N7O2. The molecule has 1 fully saturated rings. The predicted octanol–water partition coefficient (Wildman–Crippen LogP) is 3.79. The minimum atomic E-state index is -0.0418. The second kappa shape index (κ2) is 9.53. The van der Waals surface area contributed by atoms with Crippen LogP contribution in [0.25, 0.3) is 11.0 Å².